The quantitative estimate of drug-likeness (QED) is 0.527. The Morgan fingerprint density at radius 2 is 1.77 bits per heavy atom. The Bertz CT molecular complexity index is 506. The third kappa shape index (κ3) is 6.01. The highest BCUT2D eigenvalue weighted by Crippen LogP contribution is 2.27. The first-order chi connectivity index (χ1) is 10.6. The maximum atomic E-state index is 11.6. The highest BCUT2D eigenvalue weighted by Gasteiger charge is 2.07. The van der Waals surface area contributed by atoms with Crippen molar-refractivity contribution in [3.05, 3.63) is 23.8 Å². The van der Waals surface area contributed by atoms with Crippen LogP contribution in [0.3, 0.4) is 0 Å². The van der Waals surface area contributed by atoms with Crippen molar-refractivity contribution < 1.29 is 24.4 Å². The van der Waals surface area contributed by atoms with Gasteiger partial charge in [-0.1, -0.05) is 6.07 Å². The van der Waals surface area contributed by atoms with E-state index in [0.29, 0.717) is 24.5 Å². The molecule has 7 heteroatoms. The van der Waals surface area contributed by atoms with Gasteiger partial charge in [0.1, 0.15) is 0 Å². The fourth-order valence-corrected chi connectivity index (χ4v) is 1.89. The van der Waals surface area contributed by atoms with Crippen molar-refractivity contribution >= 4 is 11.8 Å². The van der Waals surface area contributed by atoms with Gasteiger partial charge in [-0.05, 0) is 24.1 Å². The lowest BCUT2D eigenvalue weighted by Crippen LogP contribution is -2.88. The van der Waals surface area contributed by atoms with Crippen LogP contribution < -0.4 is 25.4 Å². The zero-order valence-corrected chi connectivity index (χ0v) is 13.3. The third-order valence-corrected chi connectivity index (χ3v) is 3.12. The van der Waals surface area contributed by atoms with Crippen LogP contribution in [0, 0.1) is 0 Å². The third-order valence-electron chi connectivity index (χ3n) is 3.12. The summed E-state index contributed by atoms with van der Waals surface area (Å²) >= 11 is 0. The van der Waals surface area contributed by atoms with E-state index in [1.807, 2.05) is 18.2 Å². The first kappa shape index (κ1) is 17.8. The van der Waals surface area contributed by atoms with Gasteiger partial charge in [0, 0.05) is 13.6 Å². The molecular formula is C15H24N3O4+. The van der Waals surface area contributed by atoms with E-state index >= 15 is 0 Å². The van der Waals surface area contributed by atoms with Gasteiger partial charge >= 0.3 is 0 Å². The number of hydrogen-bond acceptors (Lipinski definition) is 4. The van der Waals surface area contributed by atoms with E-state index < -0.39 is 0 Å². The fraction of sp³-hybridized carbons (Fsp3) is 0.467. The molecule has 2 amide bonds. The van der Waals surface area contributed by atoms with Gasteiger partial charge in [-0.3, -0.25) is 9.59 Å². The number of carbonyl (C=O) groups is 2. The van der Waals surface area contributed by atoms with Crippen molar-refractivity contribution in [3.8, 4) is 11.5 Å². The summed E-state index contributed by atoms with van der Waals surface area (Å²) in [6.45, 7) is 1.01. The lowest BCUT2D eigenvalue weighted by atomic mass is 10.1. The van der Waals surface area contributed by atoms with Gasteiger partial charge < -0.3 is 25.4 Å². The van der Waals surface area contributed by atoms with Gasteiger partial charge in [0.15, 0.2) is 24.6 Å². The van der Waals surface area contributed by atoms with E-state index in [4.69, 9.17) is 9.47 Å². The number of likely N-dealkylation sites (N-methyl/N-ethyl adjacent to an activating group) is 1. The molecule has 0 heterocycles. The number of benzene rings is 1. The molecule has 0 aliphatic rings. The molecule has 1 rings (SSSR count). The average Bonchev–Trinajstić information content (AvgIpc) is 2.54. The van der Waals surface area contributed by atoms with E-state index in [1.54, 1.807) is 26.6 Å². The molecule has 0 aliphatic carbocycles. The first-order valence-electron chi connectivity index (χ1n) is 7.10. The number of nitrogens with two attached hydrogens (primary N) is 1. The van der Waals surface area contributed by atoms with Crippen molar-refractivity contribution in [2.75, 3.05) is 40.9 Å². The number of ether oxygens (including phenoxy) is 2. The largest absolute Gasteiger partial charge is 0.493 e. The first-order valence-corrected chi connectivity index (χ1v) is 7.10. The van der Waals surface area contributed by atoms with Crippen molar-refractivity contribution in [1.82, 2.24) is 10.6 Å². The molecule has 0 radical (unpaired) electrons. The molecule has 1 aromatic rings. The molecule has 7 nitrogen and oxygen atoms in total. The van der Waals surface area contributed by atoms with Crippen LogP contribution in [0.4, 0.5) is 0 Å². The molecule has 0 spiro atoms. The normalized spacial score (nSPS) is 9.95. The number of rotatable bonds is 9. The number of carbonyl (C=O) groups excluding carboxylic acids is 2. The summed E-state index contributed by atoms with van der Waals surface area (Å²) < 4.78 is 10.4. The van der Waals surface area contributed by atoms with Crippen molar-refractivity contribution in [2.45, 2.75) is 6.42 Å². The van der Waals surface area contributed by atoms with Gasteiger partial charge in [-0.15, -0.1) is 0 Å². The summed E-state index contributed by atoms with van der Waals surface area (Å²) in [6.07, 6.45) is 0.696. The molecule has 1 aromatic carbocycles. The van der Waals surface area contributed by atoms with E-state index in [1.165, 1.54) is 0 Å². The lowest BCUT2D eigenvalue weighted by molar-refractivity contribution is -0.633. The van der Waals surface area contributed by atoms with Crippen LogP contribution in [0.1, 0.15) is 5.56 Å². The highest BCUT2D eigenvalue weighted by atomic mass is 16.5. The van der Waals surface area contributed by atoms with E-state index in [0.717, 1.165) is 5.56 Å². The van der Waals surface area contributed by atoms with E-state index in [2.05, 4.69) is 10.6 Å². The SMILES string of the molecule is CNC(=O)C[NH2+]CC(=O)NCCc1ccc(OC)c(OC)c1. The van der Waals surface area contributed by atoms with Crippen LogP contribution in [0.2, 0.25) is 0 Å². The molecule has 0 saturated heterocycles. The Labute approximate surface area is 130 Å². The zero-order chi connectivity index (χ0) is 16.4. The van der Waals surface area contributed by atoms with Gasteiger partial charge in [0.2, 0.25) is 0 Å². The topological polar surface area (TPSA) is 93.3 Å². The molecule has 0 aromatic heterocycles. The van der Waals surface area contributed by atoms with Crippen LogP contribution >= 0.6 is 0 Å². The minimum atomic E-state index is -0.0990. The second-order valence-corrected chi connectivity index (χ2v) is 4.66. The predicted octanol–water partition coefficient (Wildman–Crippen LogP) is -1.33. The van der Waals surface area contributed by atoms with Crippen molar-refractivity contribution in [3.63, 3.8) is 0 Å². The van der Waals surface area contributed by atoms with Gasteiger partial charge in [-0.25, -0.2) is 0 Å². The Morgan fingerprint density at radius 1 is 1.09 bits per heavy atom. The van der Waals surface area contributed by atoms with Gasteiger partial charge in [0.05, 0.1) is 14.2 Å². The van der Waals surface area contributed by atoms with E-state index in [-0.39, 0.29) is 24.9 Å². The molecule has 0 aliphatic heterocycles. The van der Waals surface area contributed by atoms with Crippen molar-refractivity contribution in [2.24, 2.45) is 0 Å². The van der Waals surface area contributed by atoms with Crippen LogP contribution in [-0.4, -0.2) is 52.7 Å². The number of hydrogen-bond donors (Lipinski definition) is 3. The molecule has 22 heavy (non-hydrogen) atoms. The number of amides is 2. The Kier molecular flexibility index (Phi) is 7.77. The van der Waals surface area contributed by atoms with Gasteiger partial charge in [0.25, 0.3) is 11.8 Å². The fourth-order valence-electron chi connectivity index (χ4n) is 1.89. The minimum Gasteiger partial charge on any atom is -0.493 e. The van der Waals surface area contributed by atoms with Crippen LogP contribution in [-0.2, 0) is 16.0 Å². The second kappa shape index (κ2) is 9.62. The lowest BCUT2D eigenvalue weighted by Gasteiger charge is -2.10. The molecule has 0 saturated carbocycles. The smallest absolute Gasteiger partial charge is 0.275 e. The Hall–Kier alpha value is -2.28. The van der Waals surface area contributed by atoms with E-state index in [9.17, 15) is 9.59 Å². The second-order valence-electron chi connectivity index (χ2n) is 4.66. The summed E-state index contributed by atoms with van der Waals surface area (Å²) in [5.74, 6) is 1.16. The number of methoxy groups -OCH3 is 2. The number of nitrogens with one attached hydrogen (secondary N) is 2. The molecule has 4 N–H and O–H groups in total. The standard InChI is InChI=1S/C15H23N3O4/c1-16-14(19)9-17-10-15(20)18-7-6-11-4-5-12(21-2)13(8-11)22-3/h4-5,8,17H,6-7,9-10H2,1-3H3,(H,16,19)(H,18,20)/p+1. The molecule has 0 fully saturated rings. The van der Waals surface area contributed by atoms with Crippen LogP contribution in [0.5, 0.6) is 11.5 Å². The highest BCUT2D eigenvalue weighted by molar-refractivity contribution is 5.78. The average molecular weight is 310 g/mol. The summed E-state index contributed by atoms with van der Waals surface area (Å²) in [5.41, 5.74) is 1.05. The maximum Gasteiger partial charge on any atom is 0.275 e. The molecule has 0 atom stereocenters. The van der Waals surface area contributed by atoms with Crippen LogP contribution in [0.15, 0.2) is 18.2 Å². The Balaban J connectivity index is 2.32. The van der Waals surface area contributed by atoms with Crippen molar-refractivity contribution in [1.29, 1.82) is 0 Å². The van der Waals surface area contributed by atoms with Gasteiger partial charge in [-0.2, -0.15) is 0 Å². The molecule has 0 unspecified atom stereocenters. The summed E-state index contributed by atoms with van der Waals surface area (Å²) in [5, 5.41) is 6.97. The Morgan fingerprint density at radius 3 is 2.41 bits per heavy atom. The summed E-state index contributed by atoms with van der Waals surface area (Å²) in [7, 11) is 4.75. The maximum absolute atomic E-state index is 11.6. The van der Waals surface area contributed by atoms with Crippen LogP contribution in [0.25, 0.3) is 0 Å². The molecule has 122 valence electrons. The predicted molar refractivity (Wildman–Crippen MR) is 82.0 cm³/mol. The monoisotopic (exact) mass is 310 g/mol. The number of quaternary nitrogens is 1. The molecule has 0 bridgehead atoms. The minimum absolute atomic E-state index is 0.0932. The zero-order valence-electron chi connectivity index (χ0n) is 13.3. The molecular weight excluding hydrogens is 286 g/mol. The summed E-state index contributed by atoms with van der Waals surface area (Å²) in [4.78, 5) is 22.6. The summed E-state index contributed by atoms with van der Waals surface area (Å²) in [6, 6.07) is 5.67.